The molecule has 1 atom stereocenters. The Kier molecular flexibility index (Phi) is 5.14. The van der Waals surface area contributed by atoms with Crippen molar-refractivity contribution >= 4 is 17.8 Å². The number of thioether (sulfide) groups is 1. The normalized spacial score (nSPS) is 16.0. The van der Waals surface area contributed by atoms with Gasteiger partial charge in [-0.3, -0.25) is 0 Å². The summed E-state index contributed by atoms with van der Waals surface area (Å²) in [6.45, 7) is 7.78. The van der Waals surface area contributed by atoms with Crippen LogP contribution in [0, 0.1) is 13.8 Å². The van der Waals surface area contributed by atoms with E-state index in [1.165, 1.54) is 5.56 Å². The average molecular weight is 344 g/mol. The molecule has 1 fully saturated rings. The van der Waals surface area contributed by atoms with Gasteiger partial charge in [-0.15, -0.1) is 0 Å². The first-order valence-corrected chi connectivity index (χ1v) is 9.46. The maximum Gasteiger partial charge on any atom is 0.317 e. The molecule has 2 heterocycles. The summed E-state index contributed by atoms with van der Waals surface area (Å²) in [4.78, 5) is 14.3. The molecule has 0 bridgehead atoms. The molecule has 0 spiro atoms. The standard InChI is InChI=1S/C18H24N4OS/c1-13-4-6-16(7-5-13)22-15(3)17(12-19-22)14(2)20-18(23)21-8-10-24-11-9-21/h4-7,12,14H,8-11H2,1-3H3,(H,20,23)/t14-/m1/s1. The van der Waals surface area contributed by atoms with Gasteiger partial charge in [0.15, 0.2) is 0 Å². The third-order valence-corrected chi connectivity index (χ3v) is 5.37. The highest BCUT2D eigenvalue weighted by atomic mass is 32.2. The summed E-state index contributed by atoms with van der Waals surface area (Å²) in [5, 5.41) is 7.61. The number of aromatic nitrogens is 2. The van der Waals surface area contributed by atoms with E-state index in [0.717, 1.165) is 41.5 Å². The van der Waals surface area contributed by atoms with Gasteiger partial charge in [-0.05, 0) is 32.9 Å². The highest BCUT2D eigenvalue weighted by molar-refractivity contribution is 7.99. The Balaban J connectivity index is 1.72. The van der Waals surface area contributed by atoms with E-state index >= 15 is 0 Å². The number of hydrogen-bond acceptors (Lipinski definition) is 3. The number of nitrogens with one attached hydrogen (secondary N) is 1. The van der Waals surface area contributed by atoms with Crippen molar-refractivity contribution in [2.45, 2.75) is 26.8 Å². The molecule has 1 aromatic carbocycles. The lowest BCUT2D eigenvalue weighted by Gasteiger charge is -2.28. The van der Waals surface area contributed by atoms with Gasteiger partial charge in [-0.2, -0.15) is 16.9 Å². The number of benzene rings is 1. The highest BCUT2D eigenvalue weighted by Gasteiger charge is 2.21. The fraction of sp³-hybridized carbons (Fsp3) is 0.444. The Hall–Kier alpha value is -1.95. The molecule has 5 nitrogen and oxygen atoms in total. The minimum absolute atomic E-state index is 0.0188. The van der Waals surface area contributed by atoms with Crippen LogP contribution in [0.1, 0.15) is 29.8 Å². The third-order valence-electron chi connectivity index (χ3n) is 4.43. The van der Waals surface area contributed by atoms with Crippen LogP contribution in [-0.4, -0.2) is 45.3 Å². The average Bonchev–Trinajstić information content (AvgIpc) is 2.98. The molecule has 1 aromatic heterocycles. The van der Waals surface area contributed by atoms with E-state index in [1.54, 1.807) is 0 Å². The summed E-state index contributed by atoms with van der Waals surface area (Å²) in [5.41, 5.74) is 4.37. The fourth-order valence-electron chi connectivity index (χ4n) is 2.91. The number of hydrogen-bond donors (Lipinski definition) is 1. The van der Waals surface area contributed by atoms with Gasteiger partial charge in [0.2, 0.25) is 0 Å². The van der Waals surface area contributed by atoms with E-state index in [9.17, 15) is 4.79 Å². The zero-order valence-corrected chi connectivity index (χ0v) is 15.3. The van der Waals surface area contributed by atoms with Gasteiger partial charge in [0.1, 0.15) is 0 Å². The largest absolute Gasteiger partial charge is 0.331 e. The lowest BCUT2D eigenvalue weighted by Crippen LogP contribution is -2.45. The Morgan fingerprint density at radius 2 is 1.88 bits per heavy atom. The molecule has 0 aliphatic carbocycles. The van der Waals surface area contributed by atoms with E-state index < -0.39 is 0 Å². The summed E-state index contributed by atoms with van der Waals surface area (Å²) >= 11 is 1.90. The van der Waals surface area contributed by atoms with Crippen LogP contribution in [0.5, 0.6) is 0 Å². The van der Waals surface area contributed by atoms with Crippen molar-refractivity contribution in [3.05, 3.63) is 47.3 Å². The molecule has 2 amide bonds. The lowest BCUT2D eigenvalue weighted by atomic mass is 10.1. The van der Waals surface area contributed by atoms with Crippen LogP contribution in [-0.2, 0) is 0 Å². The molecule has 1 N–H and O–H groups in total. The summed E-state index contributed by atoms with van der Waals surface area (Å²) in [6.07, 6.45) is 1.85. The molecule has 0 radical (unpaired) electrons. The number of carbonyl (C=O) groups is 1. The number of amides is 2. The number of urea groups is 1. The zero-order valence-electron chi connectivity index (χ0n) is 14.5. The number of nitrogens with zero attached hydrogens (tertiary/aromatic N) is 3. The van der Waals surface area contributed by atoms with E-state index in [0.29, 0.717) is 0 Å². The van der Waals surface area contributed by atoms with E-state index in [4.69, 9.17) is 0 Å². The van der Waals surface area contributed by atoms with Crippen LogP contribution < -0.4 is 5.32 Å². The van der Waals surface area contributed by atoms with Crippen molar-refractivity contribution in [1.82, 2.24) is 20.0 Å². The third kappa shape index (κ3) is 3.59. The maximum absolute atomic E-state index is 12.4. The van der Waals surface area contributed by atoms with Gasteiger partial charge in [-0.1, -0.05) is 17.7 Å². The second-order valence-corrected chi connectivity index (χ2v) is 7.43. The first kappa shape index (κ1) is 16.9. The van der Waals surface area contributed by atoms with Crippen molar-refractivity contribution in [2.24, 2.45) is 0 Å². The summed E-state index contributed by atoms with van der Waals surface area (Å²) in [5.74, 6) is 2.04. The Morgan fingerprint density at radius 3 is 2.54 bits per heavy atom. The van der Waals surface area contributed by atoms with Gasteiger partial charge in [0.25, 0.3) is 0 Å². The van der Waals surface area contributed by atoms with Crippen LogP contribution in [0.15, 0.2) is 30.5 Å². The summed E-state index contributed by atoms with van der Waals surface area (Å²) in [6, 6.07) is 8.24. The van der Waals surface area contributed by atoms with E-state index in [2.05, 4.69) is 41.6 Å². The van der Waals surface area contributed by atoms with Crippen molar-refractivity contribution in [1.29, 1.82) is 0 Å². The minimum Gasteiger partial charge on any atom is -0.331 e. The summed E-state index contributed by atoms with van der Waals surface area (Å²) < 4.78 is 1.93. The van der Waals surface area contributed by atoms with Gasteiger partial charge in [-0.25, -0.2) is 9.48 Å². The molecule has 6 heteroatoms. The van der Waals surface area contributed by atoms with E-state index in [1.807, 2.05) is 41.4 Å². The van der Waals surface area contributed by atoms with Crippen LogP contribution in [0.25, 0.3) is 5.69 Å². The van der Waals surface area contributed by atoms with Gasteiger partial charge < -0.3 is 10.2 Å². The molecule has 3 rings (SSSR count). The molecule has 0 unspecified atom stereocenters. The maximum atomic E-state index is 12.4. The number of carbonyl (C=O) groups excluding carboxylic acids is 1. The molecule has 1 aliphatic heterocycles. The molecule has 128 valence electrons. The molecule has 1 saturated heterocycles. The Bertz CT molecular complexity index is 704. The van der Waals surface area contributed by atoms with Gasteiger partial charge in [0.05, 0.1) is 17.9 Å². The van der Waals surface area contributed by atoms with Crippen molar-refractivity contribution in [3.8, 4) is 5.69 Å². The smallest absolute Gasteiger partial charge is 0.317 e. The van der Waals surface area contributed by atoms with Crippen molar-refractivity contribution < 1.29 is 4.79 Å². The van der Waals surface area contributed by atoms with Crippen LogP contribution in [0.3, 0.4) is 0 Å². The van der Waals surface area contributed by atoms with Crippen molar-refractivity contribution in [3.63, 3.8) is 0 Å². The topological polar surface area (TPSA) is 50.2 Å². The predicted octanol–water partition coefficient (Wildman–Crippen LogP) is 3.31. The fourth-order valence-corrected chi connectivity index (χ4v) is 3.82. The van der Waals surface area contributed by atoms with Crippen LogP contribution >= 0.6 is 11.8 Å². The van der Waals surface area contributed by atoms with Gasteiger partial charge >= 0.3 is 6.03 Å². The monoisotopic (exact) mass is 344 g/mol. The molecule has 0 saturated carbocycles. The molecule has 2 aromatic rings. The lowest BCUT2D eigenvalue weighted by molar-refractivity contribution is 0.199. The van der Waals surface area contributed by atoms with Gasteiger partial charge in [0, 0.05) is 35.9 Å². The van der Waals surface area contributed by atoms with Crippen LogP contribution in [0.4, 0.5) is 4.79 Å². The van der Waals surface area contributed by atoms with Crippen LogP contribution in [0.2, 0.25) is 0 Å². The van der Waals surface area contributed by atoms with E-state index in [-0.39, 0.29) is 12.1 Å². The zero-order chi connectivity index (χ0) is 17.1. The number of rotatable bonds is 3. The second-order valence-electron chi connectivity index (χ2n) is 6.20. The molecular formula is C18H24N4OS. The Labute approximate surface area is 147 Å². The first-order chi connectivity index (χ1) is 11.6. The minimum atomic E-state index is -0.0636. The summed E-state index contributed by atoms with van der Waals surface area (Å²) in [7, 11) is 0. The SMILES string of the molecule is Cc1ccc(-n2ncc([C@@H](C)NC(=O)N3CCSCC3)c2C)cc1. The first-order valence-electron chi connectivity index (χ1n) is 8.31. The Morgan fingerprint density at radius 1 is 1.21 bits per heavy atom. The highest BCUT2D eigenvalue weighted by Crippen LogP contribution is 2.21. The van der Waals surface area contributed by atoms with Crippen molar-refractivity contribution in [2.75, 3.05) is 24.6 Å². The predicted molar refractivity (Wildman–Crippen MR) is 98.9 cm³/mol. The number of aryl methyl sites for hydroxylation is 1. The quantitative estimate of drug-likeness (QED) is 0.929. The molecule has 24 heavy (non-hydrogen) atoms. The second kappa shape index (κ2) is 7.30. The molecular weight excluding hydrogens is 320 g/mol. The molecule has 1 aliphatic rings.